The number of nitriles is 1. The second kappa shape index (κ2) is 6.77. The molecule has 6 heteroatoms. The zero-order valence-electron chi connectivity index (χ0n) is 9.74. The molecule has 1 aromatic rings. The van der Waals surface area contributed by atoms with E-state index in [0.29, 0.717) is 0 Å². The number of rotatable bonds is 3. The zero-order chi connectivity index (χ0) is 13.5. The Kier molecular flexibility index (Phi) is 5.33. The van der Waals surface area contributed by atoms with Crippen molar-refractivity contribution < 1.29 is 9.59 Å². The van der Waals surface area contributed by atoms with Crippen LogP contribution in [0.3, 0.4) is 0 Å². The summed E-state index contributed by atoms with van der Waals surface area (Å²) in [5.74, 6) is -1.56. The first-order valence-corrected chi connectivity index (χ1v) is 6.05. The van der Waals surface area contributed by atoms with Crippen molar-refractivity contribution in [2.45, 2.75) is 13.0 Å². The van der Waals surface area contributed by atoms with Gasteiger partial charge >= 0.3 is 11.8 Å². The topological polar surface area (TPSA) is 82.0 Å². The van der Waals surface area contributed by atoms with Crippen molar-refractivity contribution in [3.05, 3.63) is 34.3 Å². The fraction of sp³-hybridized carbons (Fsp3) is 0.250. The first kappa shape index (κ1) is 14.2. The van der Waals surface area contributed by atoms with Gasteiger partial charge in [-0.3, -0.25) is 9.59 Å². The van der Waals surface area contributed by atoms with E-state index in [1.54, 1.807) is 13.0 Å². The molecular formula is C12H12BrN3O2. The van der Waals surface area contributed by atoms with Gasteiger partial charge in [0.1, 0.15) is 6.54 Å². The van der Waals surface area contributed by atoms with E-state index < -0.39 is 11.8 Å². The van der Waals surface area contributed by atoms with Crippen molar-refractivity contribution >= 4 is 27.7 Å². The van der Waals surface area contributed by atoms with Crippen LogP contribution in [0, 0.1) is 11.3 Å². The Hall–Kier alpha value is -1.87. The number of amides is 2. The molecule has 0 fully saturated rings. The van der Waals surface area contributed by atoms with E-state index in [1.165, 1.54) is 0 Å². The minimum atomic E-state index is -0.807. The normalized spacial score (nSPS) is 11.2. The minimum absolute atomic E-state index is 0.183. The van der Waals surface area contributed by atoms with Gasteiger partial charge in [-0.15, -0.1) is 0 Å². The molecule has 5 nitrogen and oxygen atoms in total. The van der Waals surface area contributed by atoms with Gasteiger partial charge in [0.25, 0.3) is 0 Å². The highest BCUT2D eigenvalue weighted by Gasteiger charge is 2.16. The molecule has 2 amide bonds. The van der Waals surface area contributed by atoms with Crippen LogP contribution in [0.4, 0.5) is 0 Å². The van der Waals surface area contributed by atoms with E-state index in [4.69, 9.17) is 5.26 Å². The maximum atomic E-state index is 11.5. The number of carbonyl (C=O) groups excluding carboxylic acids is 2. The lowest BCUT2D eigenvalue weighted by atomic mass is 10.1. The Morgan fingerprint density at radius 1 is 1.44 bits per heavy atom. The van der Waals surface area contributed by atoms with E-state index >= 15 is 0 Å². The first-order valence-electron chi connectivity index (χ1n) is 5.25. The molecule has 0 saturated carbocycles. The van der Waals surface area contributed by atoms with E-state index in [0.717, 1.165) is 10.0 Å². The van der Waals surface area contributed by atoms with Crippen LogP contribution in [-0.4, -0.2) is 18.4 Å². The SMILES string of the molecule is CC(NC(=O)C(=O)NCC#N)c1cccc(Br)c1. The monoisotopic (exact) mass is 309 g/mol. The second-order valence-electron chi connectivity index (χ2n) is 3.59. The average molecular weight is 310 g/mol. The van der Waals surface area contributed by atoms with Gasteiger partial charge in [-0.05, 0) is 24.6 Å². The third-order valence-corrected chi connectivity index (χ3v) is 2.72. The Morgan fingerprint density at radius 2 is 2.17 bits per heavy atom. The van der Waals surface area contributed by atoms with Gasteiger partial charge in [0.15, 0.2) is 0 Å². The standard InChI is InChI=1S/C12H12BrN3O2/c1-8(9-3-2-4-10(13)7-9)16-12(18)11(17)15-6-5-14/h2-4,7-8H,6H2,1H3,(H,15,17)(H,16,18). The highest BCUT2D eigenvalue weighted by Crippen LogP contribution is 2.17. The Bertz CT molecular complexity index is 496. The van der Waals surface area contributed by atoms with Crippen molar-refractivity contribution in [1.29, 1.82) is 5.26 Å². The molecule has 1 rings (SSSR count). The van der Waals surface area contributed by atoms with Gasteiger partial charge in [-0.25, -0.2) is 0 Å². The average Bonchev–Trinajstić information content (AvgIpc) is 2.35. The summed E-state index contributed by atoms with van der Waals surface area (Å²) in [5.41, 5.74) is 0.880. The fourth-order valence-corrected chi connectivity index (χ4v) is 1.74. The molecule has 0 spiro atoms. The summed E-state index contributed by atoms with van der Waals surface area (Å²) in [7, 11) is 0. The quantitative estimate of drug-likeness (QED) is 0.651. The third-order valence-electron chi connectivity index (χ3n) is 2.23. The number of nitrogens with zero attached hydrogens (tertiary/aromatic N) is 1. The van der Waals surface area contributed by atoms with Crippen LogP contribution < -0.4 is 10.6 Å². The zero-order valence-corrected chi connectivity index (χ0v) is 11.3. The summed E-state index contributed by atoms with van der Waals surface area (Å²) >= 11 is 3.33. The van der Waals surface area contributed by atoms with Crippen molar-refractivity contribution in [2.75, 3.05) is 6.54 Å². The summed E-state index contributed by atoms with van der Waals surface area (Å²) in [4.78, 5) is 22.7. The van der Waals surface area contributed by atoms with E-state index in [9.17, 15) is 9.59 Å². The summed E-state index contributed by atoms with van der Waals surface area (Å²) in [6.07, 6.45) is 0. The predicted molar refractivity (Wildman–Crippen MR) is 69.3 cm³/mol. The summed E-state index contributed by atoms with van der Waals surface area (Å²) in [6.45, 7) is 1.59. The number of nitrogens with one attached hydrogen (secondary N) is 2. The molecular weight excluding hydrogens is 298 g/mol. The smallest absolute Gasteiger partial charge is 0.310 e. The number of benzene rings is 1. The van der Waals surface area contributed by atoms with Crippen LogP contribution in [0.5, 0.6) is 0 Å². The lowest BCUT2D eigenvalue weighted by molar-refractivity contribution is -0.139. The molecule has 18 heavy (non-hydrogen) atoms. The van der Waals surface area contributed by atoms with Crippen molar-refractivity contribution in [2.24, 2.45) is 0 Å². The van der Waals surface area contributed by atoms with Gasteiger partial charge in [-0.2, -0.15) is 5.26 Å². The minimum Gasteiger partial charge on any atom is -0.341 e. The number of hydrogen-bond donors (Lipinski definition) is 2. The van der Waals surface area contributed by atoms with Gasteiger partial charge in [0.2, 0.25) is 0 Å². The molecule has 0 aliphatic carbocycles. The Balaban J connectivity index is 2.60. The molecule has 0 aromatic heterocycles. The van der Waals surface area contributed by atoms with Crippen molar-refractivity contribution in [3.63, 3.8) is 0 Å². The molecule has 94 valence electrons. The van der Waals surface area contributed by atoms with Crippen molar-refractivity contribution in [3.8, 4) is 6.07 Å². The molecule has 0 aliphatic heterocycles. The molecule has 0 radical (unpaired) electrons. The third kappa shape index (κ3) is 4.18. The molecule has 0 aliphatic rings. The van der Waals surface area contributed by atoms with E-state index in [-0.39, 0.29) is 12.6 Å². The molecule has 1 aromatic carbocycles. The van der Waals surface area contributed by atoms with Crippen molar-refractivity contribution in [1.82, 2.24) is 10.6 Å². The van der Waals surface area contributed by atoms with Crippen LogP contribution in [0.1, 0.15) is 18.5 Å². The summed E-state index contributed by atoms with van der Waals surface area (Å²) in [5, 5.41) is 13.0. The van der Waals surface area contributed by atoms with Crippen LogP contribution >= 0.6 is 15.9 Å². The van der Waals surface area contributed by atoms with Crippen LogP contribution in [-0.2, 0) is 9.59 Å². The maximum absolute atomic E-state index is 11.5. The predicted octanol–water partition coefficient (Wildman–Crippen LogP) is 1.27. The maximum Gasteiger partial charge on any atom is 0.310 e. The lowest BCUT2D eigenvalue weighted by Crippen LogP contribution is -2.41. The molecule has 1 atom stereocenters. The molecule has 0 saturated heterocycles. The van der Waals surface area contributed by atoms with Gasteiger partial charge in [0, 0.05) is 4.47 Å². The highest BCUT2D eigenvalue weighted by molar-refractivity contribution is 9.10. The number of halogens is 1. The van der Waals surface area contributed by atoms with Gasteiger partial charge in [0.05, 0.1) is 12.1 Å². The van der Waals surface area contributed by atoms with Gasteiger partial charge in [-0.1, -0.05) is 28.1 Å². The summed E-state index contributed by atoms with van der Waals surface area (Å²) in [6, 6.07) is 8.87. The van der Waals surface area contributed by atoms with Crippen LogP contribution in [0.2, 0.25) is 0 Å². The Labute approximate surface area is 113 Å². The number of hydrogen-bond acceptors (Lipinski definition) is 3. The first-order chi connectivity index (χ1) is 8.54. The Morgan fingerprint density at radius 3 is 2.78 bits per heavy atom. The van der Waals surface area contributed by atoms with Crippen LogP contribution in [0.25, 0.3) is 0 Å². The highest BCUT2D eigenvalue weighted by atomic mass is 79.9. The molecule has 1 unspecified atom stereocenters. The fourth-order valence-electron chi connectivity index (χ4n) is 1.32. The molecule has 0 heterocycles. The largest absolute Gasteiger partial charge is 0.341 e. The molecule has 0 bridgehead atoms. The lowest BCUT2D eigenvalue weighted by Gasteiger charge is -2.13. The molecule has 2 N–H and O–H groups in total. The number of carbonyl (C=O) groups is 2. The van der Waals surface area contributed by atoms with Crippen LogP contribution in [0.15, 0.2) is 28.7 Å². The summed E-state index contributed by atoms with van der Waals surface area (Å²) < 4.78 is 0.898. The van der Waals surface area contributed by atoms with Gasteiger partial charge < -0.3 is 10.6 Å². The second-order valence-corrected chi connectivity index (χ2v) is 4.51. The van der Waals surface area contributed by atoms with E-state index in [1.807, 2.05) is 24.3 Å². The van der Waals surface area contributed by atoms with E-state index in [2.05, 4.69) is 26.6 Å².